The molecule has 6 heteroatoms. The predicted molar refractivity (Wildman–Crippen MR) is 94.5 cm³/mol. The van der Waals surface area contributed by atoms with Crippen LogP contribution in [-0.2, 0) is 16.8 Å². The zero-order valence-electron chi connectivity index (χ0n) is 13.8. The molecule has 0 aliphatic heterocycles. The van der Waals surface area contributed by atoms with Gasteiger partial charge in [-0.15, -0.1) is 11.3 Å². The lowest BCUT2D eigenvalue weighted by molar-refractivity contribution is 0.0462. The largest absolute Gasteiger partial charge is 0.454 e. The Bertz CT molecular complexity index is 933. The fourth-order valence-corrected chi connectivity index (χ4v) is 3.04. The monoisotopic (exact) mass is 342 g/mol. The maximum absolute atomic E-state index is 12.1. The van der Waals surface area contributed by atoms with Crippen LogP contribution < -0.4 is 5.56 Å². The molecule has 0 saturated carbocycles. The molecule has 0 spiro atoms. The maximum atomic E-state index is 12.1. The number of benzene rings is 1. The Hall–Kier alpha value is -2.47. The number of carbonyl (C=O) groups is 1. The van der Waals surface area contributed by atoms with Gasteiger partial charge in [-0.3, -0.25) is 4.79 Å². The third-order valence-corrected chi connectivity index (χ3v) is 4.59. The van der Waals surface area contributed by atoms with Gasteiger partial charge in [-0.2, -0.15) is 0 Å². The summed E-state index contributed by atoms with van der Waals surface area (Å²) in [6.07, 6.45) is 0. The first-order valence-electron chi connectivity index (χ1n) is 7.59. The summed E-state index contributed by atoms with van der Waals surface area (Å²) in [6.45, 7) is 6.27. The number of nitrogens with one attached hydrogen (secondary N) is 1. The molecule has 0 amide bonds. The van der Waals surface area contributed by atoms with Crippen LogP contribution in [0.25, 0.3) is 10.2 Å². The number of rotatable bonds is 3. The first kappa shape index (κ1) is 16.4. The fourth-order valence-electron chi connectivity index (χ4n) is 2.31. The lowest BCUT2D eigenvalue weighted by Gasteiger charge is -2.18. The number of hydrogen-bond donors (Lipinski definition) is 1. The van der Waals surface area contributed by atoms with E-state index >= 15 is 0 Å². The molecule has 2 aromatic heterocycles. The van der Waals surface area contributed by atoms with E-state index in [-0.39, 0.29) is 17.6 Å². The van der Waals surface area contributed by atoms with Gasteiger partial charge in [-0.1, -0.05) is 32.9 Å². The van der Waals surface area contributed by atoms with Crippen LogP contribution in [0.5, 0.6) is 0 Å². The normalized spacial score (nSPS) is 11.6. The van der Waals surface area contributed by atoms with Crippen LogP contribution in [0.2, 0.25) is 0 Å². The first-order chi connectivity index (χ1) is 11.3. The molecule has 24 heavy (non-hydrogen) atoms. The summed E-state index contributed by atoms with van der Waals surface area (Å²) < 4.78 is 5.82. The molecule has 1 N–H and O–H groups in total. The minimum Gasteiger partial charge on any atom is -0.454 e. The number of ether oxygens (including phenoxy) is 1. The molecule has 1 aromatic carbocycles. The number of nitrogens with zero attached hydrogens (tertiary/aromatic N) is 1. The van der Waals surface area contributed by atoms with Crippen LogP contribution in [0.15, 0.2) is 40.5 Å². The van der Waals surface area contributed by atoms with Crippen LogP contribution in [0.3, 0.4) is 0 Å². The van der Waals surface area contributed by atoms with Crippen molar-refractivity contribution in [2.45, 2.75) is 32.8 Å². The average molecular weight is 342 g/mol. The van der Waals surface area contributed by atoms with Gasteiger partial charge in [0, 0.05) is 0 Å². The highest BCUT2D eigenvalue weighted by atomic mass is 32.1. The summed E-state index contributed by atoms with van der Waals surface area (Å²) in [6, 6.07) is 9.12. The van der Waals surface area contributed by atoms with E-state index in [0.29, 0.717) is 21.6 Å². The van der Waals surface area contributed by atoms with Crippen molar-refractivity contribution >= 4 is 27.5 Å². The molecule has 0 aliphatic rings. The standard InChI is InChI=1S/C18H18N2O3S/c1-18(2,3)12-6-4-11(5-7-12)17(22)23-10-14-19-13-8-9-24-15(13)16(21)20-14/h4-9H,10H2,1-3H3,(H,19,20,21). The molecule has 0 bridgehead atoms. The molecule has 0 atom stereocenters. The average Bonchev–Trinajstić information content (AvgIpc) is 3.01. The Morgan fingerprint density at radius 3 is 2.58 bits per heavy atom. The van der Waals surface area contributed by atoms with E-state index in [9.17, 15) is 9.59 Å². The van der Waals surface area contributed by atoms with Gasteiger partial charge in [0.25, 0.3) is 5.56 Å². The molecule has 0 radical (unpaired) electrons. The summed E-state index contributed by atoms with van der Waals surface area (Å²) in [4.78, 5) is 30.9. The first-order valence-corrected chi connectivity index (χ1v) is 8.46. The van der Waals surface area contributed by atoms with E-state index in [0.717, 1.165) is 5.56 Å². The molecule has 0 unspecified atom stereocenters. The molecule has 2 heterocycles. The van der Waals surface area contributed by atoms with Crippen molar-refractivity contribution in [3.05, 3.63) is 63.0 Å². The van der Waals surface area contributed by atoms with Crippen molar-refractivity contribution < 1.29 is 9.53 Å². The second-order valence-corrected chi connectivity index (χ2v) is 7.47. The van der Waals surface area contributed by atoms with Crippen molar-refractivity contribution in [1.29, 1.82) is 0 Å². The Morgan fingerprint density at radius 1 is 1.21 bits per heavy atom. The number of hydrogen-bond acceptors (Lipinski definition) is 5. The highest BCUT2D eigenvalue weighted by Crippen LogP contribution is 2.22. The van der Waals surface area contributed by atoms with Crippen molar-refractivity contribution in [3.63, 3.8) is 0 Å². The number of fused-ring (bicyclic) bond motifs is 1. The van der Waals surface area contributed by atoms with E-state index < -0.39 is 5.97 Å². The van der Waals surface area contributed by atoms with Gasteiger partial charge in [-0.25, -0.2) is 9.78 Å². The van der Waals surface area contributed by atoms with Crippen molar-refractivity contribution in [2.75, 3.05) is 0 Å². The van der Waals surface area contributed by atoms with Crippen LogP contribution >= 0.6 is 11.3 Å². The second kappa shape index (κ2) is 6.20. The Labute approximate surface area is 143 Å². The minimum atomic E-state index is -0.441. The molecule has 3 aromatic rings. The van der Waals surface area contributed by atoms with Gasteiger partial charge in [-0.05, 0) is 34.6 Å². The van der Waals surface area contributed by atoms with Crippen molar-refractivity contribution in [1.82, 2.24) is 9.97 Å². The van der Waals surface area contributed by atoms with Crippen molar-refractivity contribution in [3.8, 4) is 0 Å². The number of H-pyrrole nitrogens is 1. The molecule has 124 valence electrons. The van der Waals surface area contributed by atoms with Gasteiger partial charge in [0.15, 0.2) is 0 Å². The van der Waals surface area contributed by atoms with E-state index in [1.165, 1.54) is 11.3 Å². The number of aromatic nitrogens is 2. The van der Waals surface area contributed by atoms with E-state index in [1.54, 1.807) is 23.6 Å². The molecule has 3 rings (SSSR count). The van der Waals surface area contributed by atoms with Gasteiger partial charge in [0.1, 0.15) is 17.1 Å². The van der Waals surface area contributed by atoms with Gasteiger partial charge >= 0.3 is 5.97 Å². The van der Waals surface area contributed by atoms with E-state index in [4.69, 9.17) is 4.74 Å². The van der Waals surface area contributed by atoms with E-state index in [1.807, 2.05) is 12.1 Å². The molecular weight excluding hydrogens is 324 g/mol. The van der Waals surface area contributed by atoms with Crippen LogP contribution in [-0.4, -0.2) is 15.9 Å². The predicted octanol–water partition coefficient (Wildman–Crippen LogP) is 3.64. The number of carbonyl (C=O) groups excluding carboxylic acids is 1. The third-order valence-electron chi connectivity index (χ3n) is 3.69. The smallest absolute Gasteiger partial charge is 0.338 e. The Kier molecular flexibility index (Phi) is 4.24. The van der Waals surface area contributed by atoms with Crippen LogP contribution in [0, 0.1) is 0 Å². The summed E-state index contributed by atoms with van der Waals surface area (Å²) in [5, 5.41) is 1.81. The number of esters is 1. The zero-order valence-corrected chi connectivity index (χ0v) is 14.6. The lowest BCUT2D eigenvalue weighted by atomic mass is 9.87. The molecule has 0 saturated heterocycles. The summed E-state index contributed by atoms with van der Waals surface area (Å²) in [5.74, 6) is -0.103. The zero-order chi connectivity index (χ0) is 17.3. The number of thiophene rings is 1. The molecule has 0 aliphatic carbocycles. The highest BCUT2D eigenvalue weighted by molar-refractivity contribution is 7.17. The Morgan fingerprint density at radius 2 is 1.92 bits per heavy atom. The van der Waals surface area contributed by atoms with Crippen LogP contribution in [0.1, 0.15) is 42.5 Å². The summed E-state index contributed by atoms with van der Waals surface area (Å²) in [7, 11) is 0. The van der Waals surface area contributed by atoms with Crippen molar-refractivity contribution in [2.24, 2.45) is 0 Å². The quantitative estimate of drug-likeness (QED) is 0.738. The van der Waals surface area contributed by atoms with E-state index in [2.05, 4.69) is 30.7 Å². The van der Waals surface area contributed by atoms with Crippen LogP contribution in [0.4, 0.5) is 0 Å². The van der Waals surface area contributed by atoms with Gasteiger partial charge in [0.2, 0.25) is 0 Å². The molecular formula is C18H18N2O3S. The summed E-state index contributed by atoms with van der Waals surface area (Å²) >= 11 is 1.33. The number of aromatic amines is 1. The molecule has 0 fully saturated rings. The van der Waals surface area contributed by atoms with Gasteiger partial charge in [0.05, 0.1) is 11.1 Å². The Balaban J connectivity index is 1.71. The van der Waals surface area contributed by atoms with Gasteiger partial charge < -0.3 is 9.72 Å². The SMILES string of the molecule is CC(C)(C)c1ccc(C(=O)OCc2nc3ccsc3c(=O)[nH]2)cc1. The second-order valence-electron chi connectivity index (χ2n) is 6.55. The third kappa shape index (κ3) is 3.38. The maximum Gasteiger partial charge on any atom is 0.338 e. The lowest BCUT2D eigenvalue weighted by Crippen LogP contribution is -2.14. The fraction of sp³-hybridized carbons (Fsp3) is 0.278. The highest BCUT2D eigenvalue weighted by Gasteiger charge is 2.15. The summed E-state index contributed by atoms with van der Waals surface area (Å²) in [5.41, 5.74) is 2.05. The molecule has 5 nitrogen and oxygen atoms in total. The minimum absolute atomic E-state index is 0.0296. The topological polar surface area (TPSA) is 72.0 Å².